The van der Waals surface area contributed by atoms with E-state index in [9.17, 15) is 4.79 Å². The molecule has 0 unspecified atom stereocenters. The van der Waals surface area contributed by atoms with E-state index in [4.69, 9.17) is 4.52 Å². The number of hydrogen-bond donors (Lipinski definition) is 0. The highest BCUT2D eigenvalue weighted by Crippen LogP contribution is 2.26. The standard InChI is InChI=1S/C18H19N5O2/c1-13-15-3-2-10-22(15)11-12-23(13)17(24)5-4-16-20-18(21-25-16)14-6-8-19-9-7-14/h2-3,6-10,13H,4-5,11-12H2,1H3/t13-/m0/s1. The Morgan fingerprint density at radius 1 is 1.28 bits per heavy atom. The fourth-order valence-electron chi connectivity index (χ4n) is 3.25. The van der Waals surface area contributed by atoms with E-state index in [1.807, 2.05) is 23.1 Å². The minimum absolute atomic E-state index is 0.0892. The molecule has 1 aliphatic heterocycles. The Hall–Kier alpha value is -2.96. The number of pyridine rings is 1. The van der Waals surface area contributed by atoms with Crippen LogP contribution in [0.3, 0.4) is 0 Å². The zero-order valence-corrected chi connectivity index (χ0v) is 14.0. The summed E-state index contributed by atoms with van der Waals surface area (Å²) in [5.74, 6) is 1.12. The summed E-state index contributed by atoms with van der Waals surface area (Å²) >= 11 is 0. The molecule has 4 rings (SSSR count). The van der Waals surface area contributed by atoms with Crippen molar-refractivity contribution >= 4 is 5.91 Å². The zero-order chi connectivity index (χ0) is 17.2. The van der Waals surface area contributed by atoms with E-state index >= 15 is 0 Å². The van der Waals surface area contributed by atoms with Gasteiger partial charge in [-0.2, -0.15) is 4.98 Å². The summed E-state index contributed by atoms with van der Waals surface area (Å²) in [5, 5.41) is 3.97. The Morgan fingerprint density at radius 2 is 2.12 bits per heavy atom. The molecule has 25 heavy (non-hydrogen) atoms. The Balaban J connectivity index is 1.39. The topological polar surface area (TPSA) is 77.1 Å². The number of hydrogen-bond acceptors (Lipinski definition) is 5. The number of fused-ring (bicyclic) bond motifs is 1. The molecule has 0 saturated carbocycles. The van der Waals surface area contributed by atoms with Crippen molar-refractivity contribution in [1.29, 1.82) is 0 Å². The van der Waals surface area contributed by atoms with E-state index in [1.165, 1.54) is 5.69 Å². The van der Waals surface area contributed by atoms with Crippen LogP contribution in [0, 0.1) is 0 Å². The first kappa shape index (κ1) is 15.6. The number of carbonyl (C=O) groups is 1. The third kappa shape index (κ3) is 3.05. The fourth-order valence-corrected chi connectivity index (χ4v) is 3.25. The van der Waals surface area contributed by atoms with Gasteiger partial charge in [-0.15, -0.1) is 0 Å². The quantitative estimate of drug-likeness (QED) is 0.731. The number of carbonyl (C=O) groups excluding carboxylic acids is 1. The van der Waals surface area contributed by atoms with Crippen molar-refractivity contribution < 1.29 is 9.32 Å². The molecule has 7 heteroatoms. The van der Waals surface area contributed by atoms with Gasteiger partial charge >= 0.3 is 0 Å². The van der Waals surface area contributed by atoms with Gasteiger partial charge in [0.15, 0.2) is 0 Å². The number of nitrogens with zero attached hydrogens (tertiary/aromatic N) is 5. The number of amides is 1. The highest BCUT2D eigenvalue weighted by molar-refractivity contribution is 5.77. The molecule has 3 aromatic heterocycles. The Kier molecular flexibility index (Phi) is 4.05. The van der Waals surface area contributed by atoms with Crippen LogP contribution in [0.1, 0.15) is 31.0 Å². The van der Waals surface area contributed by atoms with Crippen molar-refractivity contribution in [2.45, 2.75) is 32.4 Å². The summed E-state index contributed by atoms with van der Waals surface area (Å²) in [6, 6.07) is 7.84. The maximum Gasteiger partial charge on any atom is 0.227 e. The van der Waals surface area contributed by atoms with Gasteiger partial charge in [-0.25, -0.2) is 0 Å². The molecule has 0 spiro atoms. The molecule has 0 radical (unpaired) electrons. The monoisotopic (exact) mass is 337 g/mol. The van der Waals surface area contributed by atoms with E-state index in [2.05, 4.69) is 38.9 Å². The highest BCUT2D eigenvalue weighted by Gasteiger charge is 2.27. The first-order valence-electron chi connectivity index (χ1n) is 8.40. The molecule has 0 fully saturated rings. The average molecular weight is 337 g/mol. The predicted molar refractivity (Wildman–Crippen MR) is 90.4 cm³/mol. The molecule has 128 valence electrons. The van der Waals surface area contributed by atoms with Crippen molar-refractivity contribution in [2.24, 2.45) is 0 Å². The van der Waals surface area contributed by atoms with Crippen LogP contribution >= 0.6 is 0 Å². The molecular formula is C18H19N5O2. The van der Waals surface area contributed by atoms with Crippen LogP contribution in [0.2, 0.25) is 0 Å². The molecule has 0 bridgehead atoms. The Morgan fingerprint density at radius 3 is 2.96 bits per heavy atom. The third-order valence-electron chi connectivity index (χ3n) is 4.62. The lowest BCUT2D eigenvalue weighted by Gasteiger charge is -2.35. The summed E-state index contributed by atoms with van der Waals surface area (Å²) in [6.45, 7) is 3.63. The van der Waals surface area contributed by atoms with E-state index in [0.717, 1.165) is 18.7 Å². The van der Waals surface area contributed by atoms with Crippen molar-refractivity contribution in [3.05, 3.63) is 54.4 Å². The van der Waals surface area contributed by atoms with E-state index in [0.29, 0.717) is 24.6 Å². The van der Waals surface area contributed by atoms with Crippen LogP contribution in [-0.4, -0.2) is 37.0 Å². The maximum atomic E-state index is 12.6. The van der Waals surface area contributed by atoms with E-state index in [1.54, 1.807) is 12.4 Å². The highest BCUT2D eigenvalue weighted by atomic mass is 16.5. The molecular weight excluding hydrogens is 318 g/mol. The molecule has 4 heterocycles. The summed E-state index contributed by atoms with van der Waals surface area (Å²) in [4.78, 5) is 22.9. The molecule has 1 aliphatic rings. The van der Waals surface area contributed by atoms with Gasteiger partial charge in [0.25, 0.3) is 0 Å². The lowest BCUT2D eigenvalue weighted by molar-refractivity contribution is -0.134. The van der Waals surface area contributed by atoms with E-state index in [-0.39, 0.29) is 11.9 Å². The average Bonchev–Trinajstić information content (AvgIpc) is 3.30. The smallest absolute Gasteiger partial charge is 0.227 e. The fraction of sp³-hybridized carbons (Fsp3) is 0.333. The summed E-state index contributed by atoms with van der Waals surface area (Å²) < 4.78 is 7.47. The number of rotatable bonds is 4. The molecule has 1 amide bonds. The number of aryl methyl sites for hydroxylation is 1. The first-order chi connectivity index (χ1) is 12.2. The SMILES string of the molecule is C[C@H]1c2cccn2CCN1C(=O)CCc1nc(-c2ccncc2)no1. The molecule has 0 aliphatic carbocycles. The van der Waals surface area contributed by atoms with Crippen LogP contribution in [0.5, 0.6) is 0 Å². The van der Waals surface area contributed by atoms with Crippen LogP contribution in [0.15, 0.2) is 47.4 Å². The number of aromatic nitrogens is 4. The van der Waals surface area contributed by atoms with Gasteiger partial charge in [-0.3, -0.25) is 9.78 Å². The largest absolute Gasteiger partial charge is 0.348 e. The summed E-state index contributed by atoms with van der Waals surface area (Å²) in [5.41, 5.74) is 2.03. The predicted octanol–water partition coefficient (Wildman–Crippen LogP) is 2.47. The zero-order valence-electron chi connectivity index (χ0n) is 14.0. The van der Waals surface area contributed by atoms with Gasteiger partial charge in [0.05, 0.1) is 6.04 Å². The molecule has 3 aromatic rings. The van der Waals surface area contributed by atoms with Gasteiger partial charge < -0.3 is 14.0 Å². The normalized spacial score (nSPS) is 16.7. The van der Waals surface area contributed by atoms with Gasteiger partial charge in [0.2, 0.25) is 17.6 Å². The summed E-state index contributed by atoms with van der Waals surface area (Å²) in [6.07, 6.45) is 6.24. The Labute approximate surface area is 145 Å². The van der Waals surface area contributed by atoms with Gasteiger partial charge in [0, 0.05) is 55.8 Å². The second-order valence-electron chi connectivity index (χ2n) is 6.14. The van der Waals surface area contributed by atoms with Crippen molar-refractivity contribution in [3.63, 3.8) is 0 Å². The maximum absolute atomic E-state index is 12.6. The van der Waals surface area contributed by atoms with Crippen molar-refractivity contribution in [3.8, 4) is 11.4 Å². The van der Waals surface area contributed by atoms with Crippen LogP contribution in [0.25, 0.3) is 11.4 Å². The molecule has 0 saturated heterocycles. The van der Waals surface area contributed by atoms with Gasteiger partial charge in [-0.05, 0) is 31.2 Å². The lowest BCUT2D eigenvalue weighted by Crippen LogP contribution is -2.40. The van der Waals surface area contributed by atoms with Gasteiger partial charge in [-0.1, -0.05) is 5.16 Å². The van der Waals surface area contributed by atoms with Crippen molar-refractivity contribution in [1.82, 2.24) is 24.6 Å². The third-order valence-corrected chi connectivity index (χ3v) is 4.62. The van der Waals surface area contributed by atoms with Crippen LogP contribution in [-0.2, 0) is 17.8 Å². The van der Waals surface area contributed by atoms with Crippen LogP contribution < -0.4 is 0 Å². The molecule has 7 nitrogen and oxygen atoms in total. The lowest BCUT2D eigenvalue weighted by atomic mass is 10.1. The minimum Gasteiger partial charge on any atom is -0.348 e. The molecule has 0 N–H and O–H groups in total. The van der Waals surface area contributed by atoms with Crippen molar-refractivity contribution in [2.75, 3.05) is 6.54 Å². The van der Waals surface area contributed by atoms with Gasteiger partial charge in [0.1, 0.15) is 0 Å². The van der Waals surface area contributed by atoms with Crippen LogP contribution in [0.4, 0.5) is 0 Å². The Bertz CT molecular complexity index is 870. The molecule has 0 aromatic carbocycles. The second-order valence-corrected chi connectivity index (χ2v) is 6.14. The molecule has 1 atom stereocenters. The van der Waals surface area contributed by atoms with E-state index < -0.39 is 0 Å². The minimum atomic E-state index is 0.0892. The first-order valence-corrected chi connectivity index (χ1v) is 8.40. The second kappa shape index (κ2) is 6.51. The summed E-state index contributed by atoms with van der Waals surface area (Å²) in [7, 11) is 0.